The molecule has 0 saturated heterocycles. The molecule has 0 aliphatic carbocycles. The van der Waals surface area contributed by atoms with Crippen molar-refractivity contribution in [1.29, 1.82) is 0 Å². The summed E-state index contributed by atoms with van der Waals surface area (Å²) in [6.07, 6.45) is 1.52. The largest absolute Gasteiger partial charge is 0.455 e. The van der Waals surface area contributed by atoms with E-state index in [1.807, 2.05) is 68.4 Å². The van der Waals surface area contributed by atoms with E-state index in [4.69, 9.17) is 4.42 Å². The van der Waals surface area contributed by atoms with Crippen molar-refractivity contribution in [3.05, 3.63) is 110 Å². The highest BCUT2D eigenvalue weighted by Crippen LogP contribution is 2.24. The van der Waals surface area contributed by atoms with Crippen LogP contribution in [0.1, 0.15) is 16.9 Å². The summed E-state index contributed by atoms with van der Waals surface area (Å²) in [5.41, 5.74) is 7.40. The number of aryl methyl sites for hydroxylation is 2. The van der Waals surface area contributed by atoms with E-state index in [2.05, 4.69) is 52.0 Å². The van der Waals surface area contributed by atoms with E-state index in [1.54, 1.807) is 12.1 Å². The third-order valence-corrected chi connectivity index (χ3v) is 6.37. The molecular formula is C28H23BrN8O3. The number of halogens is 1. The Labute approximate surface area is 237 Å². The number of aromatic nitrogens is 3. The number of nitro benzene ring substituents is 1. The highest BCUT2D eigenvalue weighted by Gasteiger charge is 2.10. The average Bonchev–Trinajstić information content (AvgIpc) is 3.40. The third kappa shape index (κ3) is 6.66. The SMILES string of the molecule is Cc1ccc(Nc2nc(N/N=C\c3ccc(-c4ccc(Br)cc4)o3)nc(Nc3ccc([N+](=O)[O-])cc3)n2)cc1C. The van der Waals surface area contributed by atoms with Gasteiger partial charge in [-0.3, -0.25) is 10.1 Å². The lowest BCUT2D eigenvalue weighted by Crippen LogP contribution is -2.07. The van der Waals surface area contributed by atoms with Gasteiger partial charge in [-0.15, -0.1) is 0 Å². The van der Waals surface area contributed by atoms with Gasteiger partial charge in [-0.25, -0.2) is 5.43 Å². The fourth-order valence-corrected chi connectivity index (χ4v) is 3.89. The molecule has 40 heavy (non-hydrogen) atoms. The van der Waals surface area contributed by atoms with Crippen LogP contribution in [0.15, 0.2) is 92.9 Å². The summed E-state index contributed by atoms with van der Waals surface area (Å²) in [6, 6.07) is 23.3. The topological polar surface area (TPSA) is 143 Å². The zero-order valence-electron chi connectivity index (χ0n) is 21.4. The second kappa shape index (κ2) is 11.7. The van der Waals surface area contributed by atoms with E-state index in [0.717, 1.165) is 21.3 Å². The van der Waals surface area contributed by atoms with Crippen LogP contribution in [0.25, 0.3) is 11.3 Å². The summed E-state index contributed by atoms with van der Waals surface area (Å²) < 4.78 is 6.86. The zero-order valence-corrected chi connectivity index (χ0v) is 23.0. The second-order valence-electron chi connectivity index (χ2n) is 8.74. The van der Waals surface area contributed by atoms with Crippen molar-refractivity contribution in [2.45, 2.75) is 13.8 Å². The van der Waals surface area contributed by atoms with Gasteiger partial charge in [0.05, 0.1) is 11.1 Å². The molecule has 5 aromatic rings. The Kier molecular flexibility index (Phi) is 7.78. The fourth-order valence-electron chi connectivity index (χ4n) is 3.63. The van der Waals surface area contributed by atoms with E-state index in [0.29, 0.717) is 17.2 Å². The first kappa shape index (κ1) is 26.5. The molecular weight excluding hydrogens is 576 g/mol. The average molecular weight is 599 g/mol. The lowest BCUT2D eigenvalue weighted by atomic mass is 10.1. The number of benzene rings is 3. The van der Waals surface area contributed by atoms with E-state index in [1.165, 1.54) is 23.9 Å². The van der Waals surface area contributed by atoms with E-state index in [-0.39, 0.29) is 23.5 Å². The Morgan fingerprint density at radius 1 is 0.825 bits per heavy atom. The first-order valence-corrected chi connectivity index (χ1v) is 12.9. The van der Waals surface area contributed by atoms with Gasteiger partial charge in [0.15, 0.2) is 0 Å². The molecule has 0 spiro atoms. The highest BCUT2D eigenvalue weighted by molar-refractivity contribution is 9.10. The number of anilines is 5. The van der Waals surface area contributed by atoms with Crippen LogP contribution in [-0.2, 0) is 0 Å². The molecule has 0 aliphatic rings. The van der Waals surface area contributed by atoms with Crippen molar-refractivity contribution in [3.63, 3.8) is 0 Å². The Bertz CT molecular complexity index is 1690. The standard InChI is InChI=1S/C28H23BrN8O3/c1-17-3-8-22(15-18(17)2)32-27-33-26(31-21-9-11-23(12-10-21)37(38)39)34-28(35-27)36-30-16-24-13-14-25(40-24)19-4-6-20(29)7-5-19/h3-16H,1-2H3,(H3,31,32,33,34,35,36)/b30-16-. The molecule has 0 fully saturated rings. The molecule has 0 amide bonds. The lowest BCUT2D eigenvalue weighted by molar-refractivity contribution is -0.384. The third-order valence-electron chi connectivity index (χ3n) is 5.84. The first-order valence-electron chi connectivity index (χ1n) is 12.1. The first-order chi connectivity index (χ1) is 19.3. The molecule has 3 N–H and O–H groups in total. The summed E-state index contributed by atoms with van der Waals surface area (Å²) in [7, 11) is 0. The molecule has 2 aromatic heterocycles. The van der Waals surface area contributed by atoms with Crippen molar-refractivity contribution >= 4 is 57.1 Å². The Hall–Kier alpha value is -5.10. The number of nitro groups is 1. The number of nitrogens with zero attached hydrogens (tertiary/aromatic N) is 5. The van der Waals surface area contributed by atoms with Gasteiger partial charge in [-0.1, -0.05) is 34.1 Å². The van der Waals surface area contributed by atoms with Gasteiger partial charge in [-0.2, -0.15) is 20.1 Å². The zero-order chi connectivity index (χ0) is 28.1. The van der Waals surface area contributed by atoms with E-state index >= 15 is 0 Å². The second-order valence-corrected chi connectivity index (χ2v) is 9.65. The van der Waals surface area contributed by atoms with Crippen LogP contribution in [0.5, 0.6) is 0 Å². The van der Waals surface area contributed by atoms with Crippen LogP contribution in [-0.4, -0.2) is 26.1 Å². The lowest BCUT2D eigenvalue weighted by Gasteiger charge is -2.11. The summed E-state index contributed by atoms with van der Waals surface area (Å²) in [5, 5.41) is 21.5. The van der Waals surface area contributed by atoms with Crippen LogP contribution < -0.4 is 16.1 Å². The van der Waals surface area contributed by atoms with Gasteiger partial charge in [0, 0.05) is 33.5 Å². The van der Waals surface area contributed by atoms with E-state index in [9.17, 15) is 10.1 Å². The van der Waals surface area contributed by atoms with Crippen LogP contribution in [0.2, 0.25) is 0 Å². The molecule has 200 valence electrons. The number of rotatable bonds is 9. The summed E-state index contributed by atoms with van der Waals surface area (Å²) in [6.45, 7) is 4.06. The molecule has 0 atom stereocenters. The molecule has 11 nitrogen and oxygen atoms in total. The van der Waals surface area contributed by atoms with Crippen molar-refractivity contribution in [1.82, 2.24) is 15.0 Å². The fraction of sp³-hybridized carbons (Fsp3) is 0.0714. The normalized spacial score (nSPS) is 11.0. The van der Waals surface area contributed by atoms with Gasteiger partial charge in [-0.05, 0) is 73.5 Å². The monoisotopic (exact) mass is 598 g/mol. The minimum Gasteiger partial charge on any atom is -0.455 e. The summed E-state index contributed by atoms with van der Waals surface area (Å²) in [5.74, 6) is 1.90. The van der Waals surface area contributed by atoms with Gasteiger partial charge < -0.3 is 15.1 Å². The van der Waals surface area contributed by atoms with Crippen molar-refractivity contribution in [2.75, 3.05) is 16.1 Å². The predicted molar refractivity (Wildman–Crippen MR) is 158 cm³/mol. The highest BCUT2D eigenvalue weighted by atomic mass is 79.9. The number of nitrogens with one attached hydrogen (secondary N) is 3. The molecule has 2 heterocycles. The molecule has 0 aliphatic heterocycles. The smallest absolute Gasteiger partial charge is 0.269 e. The van der Waals surface area contributed by atoms with Crippen LogP contribution in [0, 0.1) is 24.0 Å². The molecule has 0 unspecified atom stereocenters. The number of furan rings is 1. The minimum atomic E-state index is -0.459. The van der Waals surface area contributed by atoms with Crippen molar-refractivity contribution in [2.24, 2.45) is 5.10 Å². The quantitative estimate of drug-likeness (QED) is 0.0900. The van der Waals surface area contributed by atoms with Gasteiger partial charge in [0.1, 0.15) is 11.5 Å². The maximum atomic E-state index is 11.0. The molecule has 0 saturated carbocycles. The minimum absolute atomic E-state index is 0.0174. The number of hydrogen-bond acceptors (Lipinski definition) is 10. The van der Waals surface area contributed by atoms with Crippen molar-refractivity contribution < 1.29 is 9.34 Å². The molecule has 12 heteroatoms. The van der Waals surface area contributed by atoms with Crippen molar-refractivity contribution in [3.8, 4) is 11.3 Å². The molecule has 3 aromatic carbocycles. The molecule has 0 bridgehead atoms. The maximum absolute atomic E-state index is 11.0. The summed E-state index contributed by atoms with van der Waals surface area (Å²) in [4.78, 5) is 23.8. The Morgan fingerprint density at radius 2 is 1.48 bits per heavy atom. The van der Waals surface area contributed by atoms with Crippen LogP contribution in [0.3, 0.4) is 0 Å². The van der Waals surface area contributed by atoms with Gasteiger partial charge >= 0.3 is 0 Å². The molecule has 0 radical (unpaired) electrons. The van der Waals surface area contributed by atoms with Gasteiger partial charge in [0.2, 0.25) is 17.8 Å². The van der Waals surface area contributed by atoms with Gasteiger partial charge in [0.25, 0.3) is 5.69 Å². The Balaban J connectivity index is 1.36. The maximum Gasteiger partial charge on any atom is 0.269 e. The number of hydrogen-bond donors (Lipinski definition) is 3. The summed E-state index contributed by atoms with van der Waals surface area (Å²) >= 11 is 3.43. The number of non-ortho nitro benzene ring substituents is 1. The number of hydrazone groups is 1. The predicted octanol–water partition coefficient (Wildman–Crippen LogP) is 7.35. The van der Waals surface area contributed by atoms with E-state index < -0.39 is 4.92 Å². The Morgan fingerprint density at radius 3 is 2.15 bits per heavy atom. The van der Waals surface area contributed by atoms with Crippen LogP contribution in [0.4, 0.5) is 34.9 Å². The molecule has 5 rings (SSSR count). The van der Waals surface area contributed by atoms with Crippen LogP contribution >= 0.6 is 15.9 Å².